The summed E-state index contributed by atoms with van der Waals surface area (Å²) in [5, 5.41) is 7.70. The summed E-state index contributed by atoms with van der Waals surface area (Å²) in [5.74, 6) is 0. The number of nitrogens with one attached hydrogen (secondary N) is 1. The third-order valence-corrected chi connectivity index (χ3v) is 5.87. The van der Waals surface area contributed by atoms with Crippen LogP contribution in [0.2, 0.25) is 5.02 Å². The average molecular weight is 316 g/mol. The van der Waals surface area contributed by atoms with Gasteiger partial charge in [0.05, 0.1) is 11.9 Å². The number of rotatable bonds is 5. The van der Waals surface area contributed by atoms with E-state index in [1.165, 1.54) is 36.8 Å². The van der Waals surface area contributed by atoms with E-state index in [1.54, 1.807) is 6.20 Å². The highest BCUT2D eigenvalue weighted by atomic mass is 35.5. The van der Waals surface area contributed by atoms with Gasteiger partial charge in [-0.05, 0) is 26.0 Å². The quantitative estimate of drug-likeness (QED) is 0.904. The fourth-order valence-electron chi connectivity index (χ4n) is 2.72. The van der Waals surface area contributed by atoms with Crippen molar-refractivity contribution < 1.29 is 0 Å². The normalized spacial score (nSPS) is 17.9. The average Bonchev–Trinajstić information content (AvgIpc) is 2.50. The van der Waals surface area contributed by atoms with Gasteiger partial charge in [-0.1, -0.05) is 30.9 Å². The Labute approximate surface area is 129 Å². The molecular formula is C14H22ClN3OS. The Hall–Kier alpha value is -0.680. The van der Waals surface area contributed by atoms with Gasteiger partial charge < -0.3 is 5.32 Å². The van der Waals surface area contributed by atoms with Crippen LogP contribution in [0, 0.1) is 0 Å². The van der Waals surface area contributed by atoms with Gasteiger partial charge in [0.1, 0.15) is 5.02 Å². The molecule has 20 heavy (non-hydrogen) atoms. The van der Waals surface area contributed by atoms with E-state index in [0.717, 1.165) is 6.54 Å². The molecule has 0 saturated heterocycles. The molecule has 1 aromatic heterocycles. The number of aromatic nitrogens is 2. The molecule has 1 heterocycles. The largest absolute Gasteiger partial charge is 0.381 e. The van der Waals surface area contributed by atoms with Gasteiger partial charge in [-0.3, -0.25) is 4.79 Å². The monoisotopic (exact) mass is 315 g/mol. The molecule has 1 aliphatic carbocycles. The van der Waals surface area contributed by atoms with E-state index < -0.39 is 0 Å². The Morgan fingerprint density at radius 2 is 2.15 bits per heavy atom. The SMILES string of the molecule is CCn1ncc(NCC2(SC)CCCCC2)c(Cl)c1=O. The summed E-state index contributed by atoms with van der Waals surface area (Å²) in [6, 6.07) is 0. The predicted molar refractivity (Wildman–Crippen MR) is 87.0 cm³/mol. The molecule has 1 N–H and O–H groups in total. The third kappa shape index (κ3) is 3.31. The zero-order valence-corrected chi connectivity index (χ0v) is 13.7. The number of nitrogens with zero attached hydrogens (tertiary/aromatic N) is 2. The Morgan fingerprint density at radius 1 is 1.45 bits per heavy atom. The molecule has 2 rings (SSSR count). The first-order valence-electron chi connectivity index (χ1n) is 7.16. The molecule has 0 aliphatic heterocycles. The van der Waals surface area contributed by atoms with Gasteiger partial charge in [0.15, 0.2) is 0 Å². The smallest absolute Gasteiger partial charge is 0.287 e. The molecule has 0 aromatic carbocycles. The molecule has 1 saturated carbocycles. The summed E-state index contributed by atoms with van der Waals surface area (Å²) in [7, 11) is 0. The van der Waals surface area contributed by atoms with Crippen LogP contribution in [0.5, 0.6) is 0 Å². The lowest BCUT2D eigenvalue weighted by atomic mass is 9.88. The topological polar surface area (TPSA) is 46.9 Å². The van der Waals surface area contributed by atoms with Crippen LogP contribution >= 0.6 is 23.4 Å². The van der Waals surface area contributed by atoms with Crippen LogP contribution in [-0.2, 0) is 6.54 Å². The van der Waals surface area contributed by atoms with E-state index in [9.17, 15) is 4.79 Å². The second-order valence-corrected chi connectivity index (χ2v) is 6.95. The van der Waals surface area contributed by atoms with Crippen molar-refractivity contribution in [3.8, 4) is 0 Å². The van der Waals surface area contributed by atoms with Crippen LogP contribution in [0.4, 0.5) is 5.69 Å². The summed E-state index contributed by atoms with van der Waals surface area (Å²) < 4.78 is 1.64. The van der Waals surface area contributed by atoms with Gasteiger partial charge in [-0.2, -0.15) is 16.9 Å². The minimum absolute atomic E-state index is 0.221. The summed E-state index contributed by atoms with van der Waals surface area (Å²) in [6.07, 6.45) is 10.2. The highest BCUT2D eigenvalue weighted by Crippen LogP contribution is 2.38. The van der Waals surface area contributed by atoms with E-state index in [2.05, 4.69) is 16.7 Å². The van der Waals surface area contributed by atoms with Crippen LogP contribution in [0.15, 0.2) is 11.0 Å². The number of halogens is 1. The van der Waals surface area contributed by atoms with Gasteiger partial charge in [0, 0.05) is 17.8 Å². The fraction of sp³-hybridized carbons (Fsp3) is 0.714. The molecule has 4 nitrogen and oxygen atoms in total. The third-order valence-electron chi connectivity index (χ3n) is 4.08. The Morgan fingerprint density at radius 3 is 2.75 bits per heavy atom. The first-order chi connectivity index (χ1) is 9.62. The van der Waals surface area contributed by atoms with E-state index in [1.807, 2.05) is 18.7 Å². The first-order valence-corrected chi connectivity index (χ1v) is 8.77. The first kappa shape index (κ1) is 15.7. The van der Waals surface area contributed by atoms with Crippen LogP contribution < -0.4 is 10.9 Å². The van der Waals surface area contributed by atoms with Crippen LogP contribution in [-0.4, -0.2) is 27.3 Å². The Bertz CT molecular complexity index is 512. The number of anilines is 1. The standard InChI is InChI=1S/C14H22ClN3OS/c1-3-18-13(19)12(15)11(9-17-18)16-10-14(20-2)7-5-4-6-8-14/h9,16H,3-8,10H2,1-2H3. The summed E-state index contributed by atoms with van der Waals surface area (Å²) in [6.45, 7) is 3.25. The number of aryl methyl sites for hydroxylation is 1. The zero-order chi connectivity index (χ0) is 14.6. The van der Waals surface area contributed by atoms with E-state index in [0.29, 0.717) is 12.2 Å². The summed E-state index contributed by atoms with van der Waals surface area (Å²) >= 11 is 8.06. The highest BCUT2D eigenvalue weighted by molar-refractivity contribution is 8.00. The number of thioether (sulfide) groups is 1. The minimum atomic E-state index is -0.221. The molecule has 0 bridgehead atoms. The maximum absolute atomic E-state index is 11.9. The molecule has 1 fully saturated rings. The van der Waals surface area contributed by atoms with Gasteiger partial charge >= 0.3 is 0 Å². The van der Waals surface area contributed by atoms with Gasteiger partial charge in [0.25, 0.3) is 5.56 Å². The lowest BCUT2D eigenvalue weighted by Gasteiger charge is -2.36. The molecule has 0 unspecified atom stereocenters. The summed E-state index contributed by atoms with van der Waals surface area (Å²) in [5.41, 5.74) is 0.432. The molecule has 6 heteroatoms. The van der Waals surface area contributed by atoms with Crippen molar-refractivity contribution in [2.45, 2.75) is 50.3 Å². The molecule has 0 radical (unpaired) electrons. The highest BCUT2D eigenvalue weighted by Gasteiger charge is 2.31. The second kappa shape index (κ2) is 6.85. The molecule has 1 aliphatic rings. The van der Waals surface area contributed by atoms with E-state index in [4.69, 9.17) is 11.6 Å². The van der Waals surface area contributed by atoms with Crippen molar-refractivity contribution in [3.63, 3.8) is 0 Å². The van der Waals surface area contributed by atoms with Gasteiger partial charge in [-0.25, -0.2) is 4.68 Å². The van der Waals surface area contributed by atoms with E-state index >= 15 is 0 Å². The Kier molecular flexibility index (Phi) is 5.38. The minimum Gasteiger partial charge on any atom is -0.381 e. The molecule has 1 aromatic rings. The number of hydrogen-bond acceptors (Lipinski definition) is 4. The van der Waals surface area contributed by atoms with Crippen molar-refractivity contribution in [1.82, 2.24) is 9.78 Å². The van der Waals surface area contributed by atoms with Crippen molar-refractivity contribution in [2.75, 3.05) is 18.1 Å². The maximum Gasteiger partial charge on any atom is 0.287 e. The fourth-order valence-corrected chi connectivity index (χ4v) is 3.85. The molecule has 0 amide bonds. The lowest BCUT2D eigenvalue weighted by molar-refractivity contribution is 0.411. The number of hydrogen-bond donors (Lipinski definition) is 1. The predicted octanol–water partition coefficient (Wildman–Crippen LogP) is 3.39. The molecular weight excluding hydrogens is 294 g/mol. The van der Waals surface area contributed by atoms with Crippen molar-refractivity contribution in [2.24, 2.45) is 0 Å². The maximum atomic E-state index is 11.9. The molecule has 0 atom stereocenters. The van der Waals surface area contributed by atoms with Gasteiger partial charge in [0.2, 0.25) is 0 Å². The molecule has 112 valence electrons. The Balaban J connectivity index is 2.10. The van der Waals surface area contributed by atoms with Crippen molar-refractivity contribution >= 4 is 29.1 Å². The second-order valence-electron chi connectivity index (χ2n) is 5.29. The molecule has 0 spiro atoms. The lowest BCUT2D eigenvalue weighted by Crippen LogP contribution is -2.36. The van der Waals surface area contributed by atoms with Crippen LogP contribution in [0.3, 0.4) is 0 Å². The van der Waals surface area contributed by atoms with Gasteiger partial charge in [-0.15, -0.1) is 0 Å². The van der Waals surface area contributed by atoms with E-state index in [-0.39, 0.29) is 15.3 Å². The zero-order valence-electron chi connectivity index (χ0n) is 12.1. The van der Waals surface area contributed by atoms with Crippen LogP contribution in [0.1, 0.15) is 39.0 Å². The van der Waals surface area contributed by atoms with Crippen molar-refractivity contribution in [1.29, 1.82) is 0 Å². The van der Waals surface area contributed by atoms with Crippen molar-refractivity contribution in [3.05, 3.63) is 21.6 Å². The van der Waals surface area contributed by atoms with Crippen LogP contribution in [0.25, 0.3) is 0 Å². The summed E-state index contributed by atoms with van der Waals surface area (Å²) in [4.78, 5) is 11.9.